The number of ether oxygens (including phenoxy) is 2. The Kier molecular flexibility index (Phi) is 4.02. The summed E-state index contributed by atoms with van der Waals surface area (Å²) in [6.45, 7) is 7.09. The molecule has 1 saturated heterocycles. The van der Waals surface area contributed by atoms with Gasteiger partial charge in [0.1, 0.15) is 6.10 Å². The van der Waals surface area contributed by atoms with E-state index in [1.54, 1.807) is 4.68 Å². The van der Waals surface area contributed by atoms with Gasteiger partial charge in [0.15, 0.2) is 0 Å². The first-order valence-corrected chi connectivity index (χ1v) is 8.20. The molecule has 0 radical (unpaired) electrons. The highest BCUT2D eigenvalue weighted by Crippen LogP contribution is 2.53. The van der Waals surface area contributed by atoms with Gasteiger partial charge in [-0.3, -0.25) is 9.48 Å². The van der Waals surface area contributed by atoms with Crippen molar-refractivity contribution in [3.05, 3.63) is 17.5 Å². The quantitative estimate of drug-likeness (QED) is 0.802. The van der Waals surface area contributed by atoms with E-state index in [0.717, 1.165) is 30.7 Å². The monoisotopic (exact) mass is 306 g/mol. The average Bonchev–Trinajstić information content (AvgIpc) is 2.80. The average molecular weight is 306 g/mol. The molecule has 2 heterocycles. The van der Waals surface area contributed by atoms with Gasteiger partial charge < -0.3 is 9.47 Å². The molecule has 2 aliphatic rings. The van der Waals surface area contributed by atoms with Crippen LogP contribution in [0.4, 0.5) is 0 Å². The van der Waals surface area contributed by atoms with Crippen LogP contribution in [-0.4, -0.2) is 34.6 Å². The Morgan fingerprint density at radius 3 is 3.00 bits per heavy atom. The van der Waals surface area contributed by atoms with Gasteiger partial charge in [0.25, 0.3) is 0 Å². The van der Waals surface area contributed by atoms with Gasteiger partial charge in [-0.05, 0) is 31.7 Å². The van der Waals surface area contributed by atoms with Crippen molar-refractivity contribution in [1.29, 1.82) is 0 Å². The zero-order valence-corrected chi connectivity index (χ0v) is 14.0. The third-order valence-electron chi connectivity index (χ3n) is 5.20. The minimum absolute atomic E-state index is 0.000273. The van der Waals surface area contributed by atoms with E-state index in [-0.39, 0.29) is 23.6 Å². The fourth-order valence-electron chi connectivity index (χ4n) is 4.05. The van der Waals surface area contributed by atoms with Gasteiger partial charge in [-0.1, -0.05) is 13.8 Å². The number of nitrogens with zero attached hydrogens (tertiary/aromatic N) is 2. The molecule has 1 aliphatic carbocycles. The third-order valence-corrected chi connectivity index (χ3v) is 5.20. The molecule has 1 saturated carbocycles. The normalized spacial score (nSPS) is 29.5. The Morgan fingerprint density at radius 1 is 1.55 bits per heavy atom. The molecule has 3 atom stereocenters. The van der Waals surface area contributed by atoms with Crippen molar-refractivity contribution in [3.63, 3.8) is 0 Å². The van der Waals surface area contributed by atoms with Gasteiger partial charge >= 0.3 is 5.97 Å². The molecule has 0 amide bonds. The van der Waals surface area contributed by atoms with Crippen LogP contribution in [0.1, 0.15) is 44.4 Å². The molecule has 0 unspecified atom stereocenters. The summed E-state index contributed by atoms with van der Waals surface area (Å²) in [6.07, 6.45) is 5.50. The number of hydrogen-bond donors (Lipinski definition) is 0. The van der Waals surface area contributed by atoms with Gasteiger partial charge in [-0.2, -0.15) is 5.10 Å². The summed E-state index contributed by atoms with van der Waals surface area (Å²) in [5.41, 5.74) is 2.04. The lowest BCUT2D eigenvalue weighted by Gasteiger charge is -2.58. The van der Waals surface area contributed by atoms with Gasteiger partial charge in [-0.15, -0.1) is 0 Å². The molecule has 1 aromatic heterocycles. The summed E-state index contributed by atoms with van der Waals surface area (Å²) in [4.78, 5) is 12.2. The number of aryl methyl sites for hydroxylation is 3. The third kappa shape index (κ3) is 2.67. The summed E-state index contributed by atoms with van der Waals surface area (Å²) >= 11 is 0. The Labute approximate surface area is 132 Å². The Bertz CT molecular complexity index is 564. The predicted molar refractivity (Wildman–Crippen MR) is 82.4 cm³/mol. The van der Waals surface area contributed by atoms with E-state index in [1.807, 2.05) is 20.2 Å². The van der Waals surface area contributed by atoms with Gasteiger partial charge in [0.2, 0.25) is 0 Å². The number of hydrogen-bond acceptors (Lipinski definition) is 4. The Hall–Kier alpha value is -1.36. The topological polar surface area (TPSA) is 53.4 Å². The molecule has 0 spiro atoms. The first kappa shape index (κ1) is 15.5. The maximum atomic E-state index is 12.2. The largest absolute Gasteiger partial charge is 0.461 e. The molecular weight excluding hydrogens is 280 g/mol. The smallest absolute Gasteiger partial charge is 0.306 e. The highest BCUT2D eigenvalue weighted by molar-refractivity contribution is 5.70. The molecule has 1 aromatic rings. The lowest BCUT2D eigenvalue weighted by Crippen LogP contribution is -2.65. The molecule has 5 heteroatoms. The first-order chi connectivity index (χ1) is 10.4. The van der Waals surface area contributed by atoms with Crippen LogP contribution < -0.4 is 0 Å². The SMILES string of the molecule is Cc1nn(C)cc1CCC(=O)O[C@@H]1[C@@H]2CCCO[C@@H]2C1(C)C. The number of aromatic nitrogens is 2. The molecule has 0 N–H and O–H groups in total. The van der Waals surface area contributed by atoms with Crippen LogP contribution in [0, 0.1) is 18.3 Å². The molecule has 0 aromatic carbocycles. The lowest BCUT2D eigenvalue weighted by molar-refractivity contribution is -0.254. The van der Waals surface area contributed by atoms with Crippen molar-refractivity contribution in [2.45, 2.75) is 58.7 Å². The minimum Gasteiger partial charge on any atom is -0.461 e. The molecule has 122 valence electrons. The van der Waals surface area contributed by atoms with Crippen molar-refractivity contribution in [2.24, 2.45) is 18.4 Å². The molecular formula is C17H26N2O3. The lowest BCUT2D eigenvalue weighted by atomic mass is 9.57. The van der Waals surface area contributed by atoms with E-state index in [2.05, 4.69) is 18.9 Å². The summed E-state index contributed by atoms with van der Waals surface area (Å²) in [5, 5.41) is 4.30. The van der Waals surface area contributed by atoms with Gasteiger partial charge in [-0.25, -0.2) is 0 Å². The second-order valence-electron chi connectivity index (χ2n) is 7.24. The molecule has 3 rings (SSSR count). The zero-order chi connectivity index (χ0) is 15.9. The van der Waals surface area contributed by atoms with Crippen LogP contribution in [0.5, 0.6) is 0 Å². The summed E-state index contributed by atoms with van der Waals surface area (Å²) < 4.78 is 13.4. The Balaban J connectivity index is 1.54. The van der Waals surface area contributed by atoms with Crippen LogP contribution in [0.2, 0.25) is 0 Å². The van der Waals surface area contributed by atoms with Crippen molar-refractivity contribution in [2.75, 3.05) is 6.61 Å². The van der Waals surface area contributed by atoms with Crippen molar-refractivity contribution in [3.8, 4) is 0 Å². The summed E-state index contributed by atoms with van der Waals surface area (Å²) in [7, 11) is 1.90. The van der Waals surface area contributed by atoms with E-state index in [1.165, 1.54) is 0 Å². The number of carbonyl (C=O) groups excluding carboxylic acids is 1. The van der Waals surface area contributed by atoms with E-state index in [0.29, 0.717) is 18.8 Å². The van der Waals surface area contributed by atoms with E-state index in [9.17, 15) is 4.79 Å². The minimum atomic E-state index is -0.106. The number of esters is 1. The van der Waals surface area contributed by atoms with Crippen LogP contribution in [-0.2, 0) is 27.7 Å². The van der Waals surface area contributed by atoms with Gasteiger partial charge in [0.05, 0.1) is 11.8 Å². The van der Waals surface area contributed by atoms with Crippen molar-refractivity contribution in [1.82, 2.24) is 9.78 Å². The maximum absolute atomic E-state index is 12.2. The second-order valence-corrected chi connectivity index (χ2v) is 7.24. The van der Waals surface area contributed by atoms with Crippen LogP contribution >= 0.6 is 0 Å². The fraction of sp³-hybridized carbons (Fsp3) is 0.765. The molecule has 1 aliphatic heterocycles. The molecule has 5 nitrogen and oxygen atoms in total. The fourth-order valence-corrected chi connectivity index (χ4v) is 4.05. The van der Waals surface area contributed by atoms with Gasteiger partial charge in [0, 0.05) is 37.6 Å². The molecule has 2 fully saturated rings. The summed E-state index contributed by atoms with van der Waals surface area (Å²) in [5.74, 6) is 0.276. The van der Waals surface area contributed by atoms with Crippen LogP contribution in [0.15, 0.2) is 6.20 Å². The number of fused-ring (bicyclic) bond motifs is 1. The maximum Gasteiger partial charge on any atom is 0.306 e. The number of rotatable bonds is 4. The standard InChI is InChI=1S/C17H26N2O3/c1-11-12(10-19(4)18-11)7-8-14(20)22-16-13-6-5-9-21-15(13)17(16,2)3/h10,13,15-16H,5-9H2,1-4H3/t13-,15+,16-/m1/s1. The van der Waals surface area contributed by atoms with E-state index in [4.69, 9.17) is 9.47 Å². The Morgan fingerprint density at radius 2 is 2.32 bits per heavy atom. The molecule has 22 heavy (non-hydrogen) atoms. The van der Waals surface area contributed by atoms with E-state index >= 15 is 0 Å². The highest BCUT2D eigenvalue weighted by atomic mass is 16.6. The second kappa shape index (κ2) is 5.69. The zero-order valence-electron chi connectivity index (χ0n) is 14.0. The number of carbonyl (C=O) groups is 1. The first-order valence-electron chi connectivity index (χ1n) is 8.20. The van der Waals surface area contributed by atoms with Crippen LogP contribution in [0.3, 0.4) is 0 Å². The van der Waals surface area contributed by atoms with Crippen LogP contribution in [0.25, 0.3) is 0 Å². The predicted octanol–water partition coefficient (Wildman–Crippen LogP) is 2.41. The highest BCUT2D eigenvalue weighted by Gasteiger charge is 2.60. The molecule has 0 bridgehead atoms. The summed E-state index contributed by atoms with van der Waals surface area (Å²) in [6, 6.07) is 0. The van der Waals surface area contributed by atoms with Crippen molar-refractivity contribution < 1.29 is 14.3 Å². The van der Waals surface area contributed by atoms with Crippen molar-refractivity contribution >= 4 is 5.97 Å². The van der Waals surface area contributed by atoms with E-state index < -0.39 is 0 Å².